The molecule has 0 aromatic rings. The molecule has 2 fully saturated rings. The van der Waals surface area contributed by atoms with Gasteiger partial charge in [-0.15, -0.1) is 0 Å². The molecule has 0 radical (unpaired) electrons. The smallest absolute Gasteiger partial charge is 0.247 e. The topological polar surface area (TPSA) is 64.4 Å². The molecule has 92 valence electrons. The van der Waals surface area contributed by atoms with E-state index in [1.54, 1.807) is 30.7 Å². The maximum atomic E-state index is 12.3. The molecule has 0 aromatic heterocycles. The maximum absolute atomic E-state index is 12.3. The first-order chi connectivity index (χ1) is 7.85. The summed E-state index contributed by atoms with van der Waals surface area (Å²) >= 11 is 0. The monoisotopic (exact) mass is 235 g/mol. The molecule has 2 amide bonds. The number of piperazine rings is 1. The molecular formula is C12H17N3O2. The fraction of sp³-hybridized carbons (Fsp3) is 0.750. The zero-order chi connectivity index (χ0) is 12.8. The van der Waals surface area contributed by atoms with E-state index in [-0.39, 0.29) is 11.8 Å². The number of hydrogen-bond donors (Lipinski definition) is 0. The highest BCUT2D eigenvalue weighted by Gasteiger charge is 2.56. The van der Waals surface area contributed by atoms with Crippen molar-refractivity contribution in [3.8, 4) is 6.07 Å². The van der Waals surface area contributed by atoms with Gasteiger partial charge < -0.3 is 9.80 Å². The van der Waals surface area contributed by atoms with Gasteiger partial charge in [-0.2, -0.15) is 5.26 Å². The van der Waals surface area contributed by atoms with Crippen LogP contribution in [-0.2, 0) is 9.59 Å². The van der Waals surface area contributed by atoms with Crippen LogP contribution in [0.5, 0.6) is 0 Å². The lowest BCUT2D eigenvalue weighted by Crippen LogP contribution is -2.64. The largest absolute Gasteiger partial charge is 0.342 e. The van der Waals surface area contributed by atoms with Gasteiger partial charge in [0.15, 0.2) is 0 Å². The summed E-state index contributed by atoms with van der Waals surface area (Å²) in [7, 11) is 1.74. The Labute approximate surface area is 101 Å². The molecular weight excluding hydrogens is 218 g/mol. The van der Waals surface area contributed by atoms with E-state index in [9.17, 15) is 9.59 Å². The van der Waals surface area contributed by atoms with Crippen LogP contribution < -0.4 is 0 Å². The van der Waals surface area contributed by atoms with Crippen molar-refractivity contribution in [1.82, 2.24) is 9.80 Å². The number of amides is 2. The number of carbonyl (C=O) groups excluding carboxylic acids is 2. The summed E-state index contributed by atoms with van der Waals surface area (Å²) in [6.07, 6.45) is 1.25. The molecule has 0 aromatic carbocycles. The quantitative estimate of drug-likeness (QED) is 0.659. The van der Waals surface area contributed by atoms with E-state index in [0.717, 1.165) is 0 Å². The SMILES string of the molecule is CN1CCN(C(=O)C2(C#N)CC2)C(C)(C)C1=O. The first-order valence-corrected chi connectivity index (χ1v) is 5.84. The zero-order valence-corrected chi connectivity index (χ0v) is 10.5. The van der Waals surface area contributed by atoms with Crippen LogP contribution in [-0.4, -0.2) is 47.3 Å². The number of nitrogens with zero attached hydrogens (tertiary/aromatic N) is 3. The number of carbonyl (C=O) groups is 2. The molecule has 1 heterocycles. The molecule has 17 heavy (non-hydrogen) atoms. The van der Waals surface area contributed by atoms with E-state index >= 15 is 0 Å². The average molecular weight is 235 g/mol. The van der Waals surface area contributed by atoms with Crippen LogP contribution in [0.3, 0.4) is 0 Å². The van der Waals surface area contributed by atoms with Crippen molar-refractivity contribution < 1.29 is 9.59 Å². The Morgan fingerprint density at radius 2 is 1.94 bits per heavy atom. The second kappa shape index (κ2) is 3.46. The van der Waals surface area contributed by atoms with E-state index in [4.69, 9.17) is 5.26 Å². The van der Waals surface area contributed by atoms with Crippen LogP contribution in [0.4, 0.5) is 0 Å². The minimum absolute atomic E-state index is 0.0640. The van der Waals surface area contributed by atoms with Crippen molar-refractivity contribution in [2.24, 2.45) is 5.41 Å². The molecule has 1 saturated carbocycles. The number of likely N-dealkylation sites (N-methyl/N-ethyl adjacent to an activating group) is 1. The lowest BCUT2D eigenvalue weighted by molar-refractivity contribution is -0.159. The maximum Gasteiger partial charge on any atom is 0.247 e. The van der Waals surface area contributed by atoms with Gasteiger partial charge in [0.05, 0.1) is 6.07 Å². The van der Waals surface area contributed by atoms with E-state index < -0.39 is 11.0 Å². The second-order valence-corrected chi connectivity index (χ2v) is 5.44. The number of nitriles is 1. The van der Waals surface area contributed by atoms with Gasteiger partial charge in [-0.3, -0.25) is 9.59 Å². The highest BCUT2D eigenvalue weighted by atomic mass is 16.2. The lowest BCUT2D eigenvalue weighted by Gasteiger charge is -2.45. The normalized spacial score (nSPS) is 25.4. The van der Waals surface area contributed by atoms with Crippen molar-refractivity contribution in [3.05, 3.63) is 0 Å². The van der Waals surface area contributed by atoms with E-state index in [1.165, 1.54) is 0 Å². The molecule has 1 aliphatic heterocycles. The van der Waals surface area contributed by atoms with Gasteiger partial charge in [-0.25, -0.2) is 0 Å². The third kappa shape index (κ3) is 1.59. The summed E-state index contributed by atoms with van der Waals surface area (Å²) in [5.74, 6) is -0.239. The second-order valence-electron chi connectivity index (χ2n) is 5.44. The molecule has 0 N–H and O–H groups in total. The highest BCUT2D eigenvalue weighted by molar-refractivity contribution is 5.96. The number of rotatable bonds is 1. The Bertz CT molecular complexity index is 418. The molecule has 1 saturated heterocycles. The summed E-state index contributed by atoms with van der Waals surface area (Å²) < 4.78 is 0. The van der Waals surface area contributed by atoms with Crippen LogP contribution in [0.25, 0.3) is 0 Å². The van der Waals surface area contributed by atoms with Gasteiger partial charge in [0.25, 0.3) is 0 Å². The van der Waals surface area contributed by atoms with Crippen LogP contribution >= 0.6 is 0 Å². The van der Waals surface area contributed by atoms with Gasteiger partial charge in [0, 0.05) is 20.1 Å². The van der Waals surface area contributed by atoms with Crippen LogP contribution in [0, 0.1) is 16.7 Å². The first-order valence-electron chi connectivity index (χ1n) is 5.84. The van der Waals surface area contributed by atoms with Crippen LogP contribution in [0.15, 0.2) is 0 Å². The fourth-order valence-corrected chi connectivity index (χ4v) is 2.33. The predicted molar refractivity (Wildman–Crippen MR) is 60.7 cm³/mol. The van der Waals surface area contributed by atoms with E-state index in [0.29, 0.717) is 25.9 Å². The van der Waals surface area contributed by atoms with Crippen molar-refractivity contribution in [2.75, 3.05) is 20.1 Å². The standard InChI is InChI=1S/C12H17N3O2/c1-11(2)9(16)14(3)6-7-15(11)10(17)12(8-13)4-5-12/h4-7H2,1-3H3. The lowest BCUT2D eigenvalue weighted by atomic mass is 9.94. The highest BCUT2D eigenvalue weighted by Crippen LogP contribution is 2.47. The average Bonchev–Trinajstić information content (AvgIpc) is 3.06. The molecule has 1 aliphatic carbocycles. The Morgan fingerprint density at radius 1 is 1.35 bits per heavy atom. The summed E-state index contributed by atoms with van der Waals surface area (Å²) in [5.41, 5.74) is -1.68. The predicted octanol–water partition coefficient (Wildman–Crippen LogP) is 0.369. The van der Waals surface area contributed by atoms with Crippen LogP contribution in [0.2, 0.25) is 0 Å². The third-order valence-corrected chi connectivity index (χ3v) is 3.82. The van der Waals surface area contributed by atoms with Gasteiger partial charge in [0.2, 0.25) is 11.8 Å². The molecule has 0 spiro atoms. The molecule has 5 heteroatoms. The molecule has 2 aliphatic rings. The Kier molecular flexibility index (Phi) is 2.42. The van der Waals surface area contributed by atoms with E-state index in [2.05, 4.69) is 6.07 Å². The van der Waals surface area contributed by atoms with Gasteiger partial charge in [-0.1, -0.05) is 0 Å². The fourth-order valence-electron chi connectivity index (χ4n) is 2.33. The minimum atomic E-state index is -0.840. The van der Waals surface area contributed by atoms with E-state index in [1.807, 2.05) is 0 Å². The summed E-state index contributed by atoms with van der Waals surface area (Å²) in [6, 6.07) is 2.10. The summed E-state index contributed by atoms with van der Waals surface area (Å²) in [4.78, 5) is 27.6. The van der Waals surface area contributed by atoms with Crippen LogP contribution in [0.1, 0.15) is 26.7 Å². The molecule has 0 bridgehead atoms. The molecule has 5 nitrogen and oxygen atoms in total. The Morgan fingerprint density at radius 3 is 2.41 bits per heavy atom. The van der Waals surface area contributed by atoms with Crippen molar-refractivity contribution in [1.29, 1.82) is 5.26 Å². The van der Waals surface area contributed by atoms with Crippen molar-refractivity contribution in [2.45, 2.75) is 32.2 Å². The summed E-state index contributed by atoms with van der Waals surface area (Å²) in [5, 5.41) is 9.05. The summed E-state index contributed by atoms with van der Waals surface area (Å²) in [6.45, 7) is 4.54. The van der Waals surface area contributed by atoms with Gasteiger partial charge in [0.1, 0.15) is 11.0 Å². The van der Waals surface area contributed by atoms with Gasteiger partial charge in [-0.05, 0) is 26.7 Å². The first kappa shape index (κ1) is 11.9. The molecule has 0 atom stereocenters. The van der Waals surface area contributed by atoms with Gasteiger partial charge >= 0.3 is 0 Å². The van der Waals surface area contributed by atoms with Crippen molar-refractivity contribution in [3.63, 3.8) is 0 Å². The Hall–Kier alpha value is -1.57. The number of hydrogen-bond acceptors (Lipinski definition) is 3. The zero-order valence-electron chi connectivity index (χ0n) is 10.5. The minimum Gasteiger partial charge on any atom is -0.342 e. The molecule has 2 rings (SSSR count). The third-order valence-electron chi connectivity index (χ3n) is 3.82. The molecule has 0 unspecified atom stereocenters. The Balaban J connectivity index is 2.25. The van der Waals surface area contributed by atoms with Crippen molar-refractivity contribution >= 4 is 11.8 Å².